The number of hydrogen-bond donors (Lipinski definition) is 2. The van der Waals surface area contributed by atoms with Gasteiger partial charge >= 0.3 is 0 Å². The number of carbonyl (C=O) groups is 1. The fourth-order valence-electron chi connectivity index (χ4n) is 1.57. The summed E-state index contributed by atoms with van der Waals surface area (Å²) in [4.78, 5) is 11.5. The zero-order valence-corrected chi connectivity index (χ0v) is 11.0. The Morgan fingerprint density at radius 3 is 2.50 bits per heavy atom. The van der Waals surface area contributed by atoms with E-state index in [4.69, 9.17) is 4.55 Å². The Kier molecular flexibility index (Phi) is 5.30. The van der Waals surface area contributed by atoms with Gasteiger partial charge in [0.05, 0.1) is 5.75 Å². The molecule has 0 fully saturated rings. The number of rotatable bonds is 6. The van der Waals surface area contributed by atoms with E-state index in [9.17, 15) is 13.2 Å². The van der Waals surface area contributed by atoms with Crippen molar-refractivity contribution in [3.05, 3.63) is 35.9 Å². The average Bonchev–Trinajstić information content (AvgIpc) is 2.28. The highest BCUT2D eigenvalue weighted by molar-refractivity contribution is 7.85. The molecule has 1 aromatic rings. The normalized spacial score (nSPS) is 13.0. The molecule has 0 saturated heterocycles. The summed E-state index contributed by atoms with van der Waals surface area (Å²) in [5.74, 6) is -0.620. The summed E-state index contributed by atoms with van der Waals surface area (Å²) in [5.41, 5.74) is 1.06. The Hall–Kier alpha value is -1.40. The van der Waals surface area contributed by atoms with Gasteiger partial charge in [0.1, 0.15) is 0 Å². The van der Waals surface area contributed by atoms with Crippen molar-refractivity contribution in [2.75, 3.05) is 12.3 Å². The van der Waals surface area contributed by atoms with Gasteiger partial charge in [-0.2, -0.15) is 8.42 Å². The largest absolute Gasteiger partial charge is 0.355 e. The summed E-state index contributed by atoms with van der Waals surface area (Å²) in [6.45, 7) is 1.86. The van der Waals surface area contributed by atoms with Crippen molar-refractivity contribution in [1.82, 2.24) is 5.32 Å². The van der Waals surface area contributed by atoms with Crippen LogP contribution in [0.25, 0.3) is 0 Å². The summed E-state index contributed by atoms with van der Waals surface area (Å²) in [6.07, 6.45) is 0.287. The van der Waals surface area contributed by atoms with Crippen molar-refractivity contribution < 1.29 is 17.8 Å². The molecule has 0 bridgehead atoms. The van der Waals surface area contributed by atoms with Gasteiger partial charge in [-0.15, -0.1) is 0 Å². The van der Waals surface area contributed by atoms with E-state index in [1.54, 1.807) is 0 Å². The van der Waals surface area contributed by atoms with Crippen LogP contribution in [0.5, 0.6) is 0 Å². The molecule has 5 nitrogen and oxygen atoms in total. The van der Waals surface area contributed by atoms with Gasteiger partial charge in [-0.05, 0) is 11.5 Å². The van der Waals surface area contributed by atoms with Gasteiger partial charge < -0.3 is 5.32 Å². The maximum atomic E-state index is 11.5. The molecule has 0 aliphatic heterocycles. The summed E-state index contributed by atoms with van der Waals surface area (Å²) >= 11 is 0. The number of carbonyl (C=O) groups excluding carboxylic acids is 1. The fourth-order valence-corrected chi connectivity index (χ4v) is 1.93. The Morgan fingerprint density at radius 2 is 1.94 bits per heavy atom. The van der Waals surface area contributed by atoms with E-state index in [0.717, 1.165) is 5.56 Å². The smallest absolute Gasteiger partial charge is 0.266 e. The molecule has 1 unspecified atom stereocenters. The van der Waals surface area contributed by atoms with Crippen LogP contribution in [0.4, 0.5) is 0 Å². The molecule has 2 N–H and O–H groups in total. The van der Waals surface area contributed by atoms with Crippen molar-refractivity contribution >= 4 is 16.0 Å². The second kappa shape index (κ2) is 6.51. The Balaban J connectivity index is 2.37. The minimum absolute atomic E-state index is 0.0666. The van der Waals surface area contributed by atoms with E-state index in [1.807, 2.05) is 37.3 Å². The Morgan fingerprint density at radius 1 is 1.33 bits per heavy atom. The summed E-state index contributed by atoms with van der Waals surface area (Å²) in [5, 5.41) is 2.46. The summed E-state index contributed by atoms with van der Waals surface area (Å²) in [6, 6.07) is 9.60. The minimum Gasteiger partial charge on any atom is -0.355 e. The molecular weight excluding hydrogens is 254 g/mol. The SMILES string of the molecule is CC(CC(=O)NCCS(=O)(=O)O)c1ccccc1. The van der Waals surface area contributed by atoms with Crippen LogP contribution in [0.2, 0.25) is 0 Å². The average molecular weight is 271 g/mol. The molecule has 18 heavy (non-hydrogen) atoms. The van der Waals surface area contributed by atoms with Crippen molar-refractivity contribution in [1.29, 1.82) is 0 Å². The van der Waals surface area contributed by atoms with Crippen LogP contribution < -0.4 is 5.32 Å². The van der Waals surface area contributed by atoms with E-state index in [1.165, 1.54) is 0 Å². The molecule has 0 aliphatic carbocycles. The van der Waals surface area contributed by atoms with Gasteiger partial charge in [0.15, 0.2) is 0 Å². The standard InChI is InChI=1S/C12H17NO4S/c1-10(11-5-3-2-4-6-11)9-12(14)13-7-8-18(15,16)17/h2-6,10H,7-9H2,1H3,(H,13,14)(H,15,16,17). The van der Waals surface area contributed by atoms with Crippen LogP contribution in [0, 0.1) is 0 Å². The molecule has 100 valence electrons. The van der Waals surface area contributed by atoms with E-state index in [-0.39, 0.29) is 24.8 Å². The third kappa shape index (κ3) is 5.79. The molecule has 0 aliphatic rings. The predicted octanol–water partition coefficient (Wildman–Crippen LogP) is 1.18. The lowest BCUT2D eigenvalue weighted by Gasteiger charge is -2.11. The molecule has 1 rings (SSSR count). The number of hydrogen-bond acceptors (Lipinski definition) is 3. The van der Waals surface area contributed by atoms with Gasteiger partial charge in [0.25, 0.3) is 10.1 Å². The van der Waals surface area contributed by atoms with Crippen molar-refractivity contribution in [3.8, 4) is 0 Å². The first-order valence-electron chi connectivity index (χ1n) is 5.65. The second-order valence-corrected chi connectivity index (χ2v) is 5.72. The topological polar surface area (TPSA) is 83.5 Å². The molecule has 0 saturated carbocycles. The van der Waals surface area contributed by atoms with E-state index in [0.29, 0.717) is 0 Å². The Bertz CT molecular complexity index is 484. The molecule has 1 atom stereocenters. The van der Waals surface area contributed by atoms with Crippen LogP contribution in [0.3, 0.4) is 0 Å². The first-order chi connectivity index (χ1) is 8.38. The molecule has 0 aromatic heterocycles. The van der Waals surface area contributed by atoms with Crippen LogP contribution in [0.1, 0.15) is 24.8 Å². The van der Waals surface area contributed by atoms with Crippen molar-refractivity contribution in [2.24, 2.45) is 0 Å². The zero-order valence-electron chi connectivity index (χ0n) is 10.2. The predicted molar refractivity (Wildman–Crippen MR) is 68.9 cm³/mol. The maximum Gasteiger partial charge on any atom is 0.266 e. The minimum atomic E-state index is -4.02. The van der Waals surface area contributed by atoms with Gasteiger partial charge in [-0.25, -0.2) is 0 Å². The number of amides is 1. The summed E-state index contributed by atoms with van der Waals surface area (Å²) < 4.78 is 29.4. The number of benzene rings is 1. The highest BCUT2D eigenvalue weighted by Crippen LogP contribution is 2.17. The molecule has 1 amide bonds. The van der Waals surface area contributed by atoms with E-state index < -0.39 is 15.9 Å². The third-order valence-electron chi connectivity index (χ3n) is 2.54. The van der Waals surface area contributed by atoms with Crippen molar-refractivity contribution in [2.45, 2.75) is 19.3 Å². The molecule has 1 aromatic carbocycles. The van der Waals surface area contributed by atoms with Crippen LogP contribution >= 0.6 is 0 Å². The van der Waals surface area contributed by atoms with Crippen molar-refractivity contribution in [3.63, 3.8) is 0 Å². The van der Waals surface area contributed by atoms with E-state index in [2.05, 4.69) is 5.32 Å². The lowest BCUT2D eigenvalue weighted by Crippen LogP contribution is -2.29. The fraction of sp³-hybridized carbons (Fsp3) is 0.417. The molecule has 0 spiro atoms. The Labute approximate surface area is 107 Å². The highest BCUT2D eigenvalue weighted by atomic mass is 32.2. The molecular formula is C12H17NO4S. The first kappa shape index (κ1) is 14.7. The van der Waals surface area contributed by atoms with E-state index >= 15 is 0 Å². The monoisotopic (exact) mass is 271 g/mol. The maximum absolute atomic E-state index is 11.5. The first-order valence-corrected chi connectivity index (χ1v) is 7.26. The van der Waals surface area contributed by atoms with Gasteiger partial charge in [0, 0.05) is 13.0 Å². The van der Waals surface area contributed by atoms with Crippen LogP contribution in [-0.2, 0) is 14.9 Å². The lowest BCUT2D eigenvalue weighted by molar-refractivity contribution is -0.121. The third-order valence-corrected chi connectivity index (χ3v) is 3.26. The number of nitrogens with one attached hydrogen (secondary N) is 1. The van der Waals surface area contributed by atoms with Gasteiger partial charge in [0.2, 0.25) is 5.91 Å². The quantitative estimate of drug-likeness (QED) is 0.761. The second-order valence-electron chi connectivity index (χ2n) is 4.15. The van der Waals surface area contributed by atoms with Crippen LogP contribution in [-0.4, -0.2) is 31.2 Å². The highest BCUT2D eigenvalue weighted by Gasteiger charge is 2.11. The molecule has 6 heteroatoms. The van der Waals surface area contributed by atoms with Gasteiger partial charge in [-0.3, -0.25) is 9.35 Å². The zero-order chi connectivity index (χ0) is 13.6. The lowest BCUT2D eigenvalue weighted by atomic mass is 9.98. The summed E-state index contributed by atoms with van der Waals surface area (Å²) in [7, 11) is -4.02. The van der Waals surface area contributed by atoms with Crippen LogP contribution in [0.15, 0.2) is 30.3 Å². The van der Waals surface area contributed by atoms with Gasteiger partial charge in [-0.1, -0.05) is 37.3 Å². The molecule has 0 radical (unpaired) electrons. The molecule has 0 heterocycles.